The highest BCUT2D eigenvalue weighted by Gasteiger charge is 2.24. The Morgan fingerprint density at radius 3 is 2.62 bits per heavy atom. The minimum Gasteiger partial charge on any atom is -0.486 e. The Balaban J connectivity index is 1.64. The van der Waals surface area contributed by atoms with Crippen molar-refractivity contribution in [1.29, 1.82) is 0 Å². The van der Waals surface area contributed by atoms with Crippen molar-refractivity contribution < 1.29 is 19.1 Å². The molecular weight excluding hydrogens is 332 g/mol. The number of hydrogen-bond donors (Lipinski definition) is 1. The molecule has 0 aliphatic carbocycles. The molecule has 0 spiro atoms. The minimum absolute atomic E-state index is 0.0936. The zero-order valence-electron chi connectivity index (χ0n) is 13.2. The van der Waals surface area contributed by atoms with Crippen molar-refractivity contribution in [3.05, 3.63) is 28.8 Å². The summed E-state index contributed by atoms with van der Waals surface area (Å²) in [5.74, 6) is 0.616. The normalized spacial score (nSPS) is 18.0. The fourth-order valence-electron chi connectivity index (χ4n) is 2.88. The molecule has 2 N–H and O–H groups in total. The molecule has 1 fully saturated rings. The van der Waals surface area contributed by atoms with E-state index >= 15 is 0 Å². The highest BCUT2D eigenvalue weighted by Crippen LogP contribution is 2.38. The summed E-state index contributed by atoms with van der Waals surface area (Å²) in [6, 6.07) is 3.53. The molecular formula is C17H19ClN2O4. The second kappa shape index (κ2) is 7.13. The number of hydrogen-bond acceptors (Lipinski definition) is 4. The molecule has 7 heteroatoms. The average molecular weight is 351 g/mol. The SMILES string of the molecule is NC(=O)C1CCN(C(=O)/C=C/c2cc(Cl)c3c(c2)OCCO3)CC1. The molecule has 128 valence electrons. The first-order valence-corrected chi connectivity index (χ1v) is 8.28. The van der Waals surface area contributed by atoms with E-state index in [2.05, 4.69) is 0 Å². The summed E-state index contributed by atoms with van der Waals surface area (Å²) in [5, 5.41) is 0.460. The third-order valence-corrected chi connectivity index (χ3v) is 4.53. The van der Waals surface area contributed by atoms with E-state index in [0.29, 0.717) is 55.7 Å². The number of nitrogens with zero attached hydrogens (tertiary/aromatic N) is 1. The number of rotatable bonds is 3. The van der Waals surface area contributed by atoms with Gasteiger partial charge in [0.2, 0.25) is 11.8 Å². The Labute approximate surface area is 145 Å². The van der Waals surface area contributed by atoms with Gasteiger partial charge in [-0.2, -0.15) is 0 Å². The molecule has 2 aliphatic heterocycles. The molecule has 2 heterocycles. The summed E-state index contributed by atoms with van der Waals surface area (Å²) in [7, 11) is 0. The summed E-state index contributed by atoms with van der Waals surface area (Å²) in [6.07, 6.45) is 4.44. The lowest BCUT2D eigenvalue weighted by Gasteiger charge is -2.29. The number of piperidine rings is 1. The summed E-state index contributed by atoms with van der Waals surface area (Å²) < 4.78 is 11.0. The van der Waals surface area contributed by atoms with Crippen LogP contribution in [0.5, 0.6) is 11.5 Å². The molecule has 0 aromatic heterocycles. The van der Waals surface area contributed by atoms with Gasteiger partial charge in [0.25, 0.3) is 0 Å². The van der Waals surface area contributed by atoms with Gasteiger partial charge in [0, 0.05) is 25.1 Å². The van der Waals surface area contributed by atoms with Crippen molar-refractivity contribution in [3.63, 3.8) is 0 Å². The Bertz CT molecular complexity index is 681. The van der Waals surface area contributed by atoms with Crippen LogP contribution in [-0.4, -0.2) is 43.0 Å². The number of likely N-dealkylation sites (tertiary alicyclic amines) is 1. The average Bonchev–Trinajstić information content (AvgIpc) is 2.60. The summed E-state index contributed by atoms with van der Waals surface area (Å²) >= 11 is 6.18. The van der Waals surface area contributed by atoms with Crippen LogP contribution in [0.4, 0.5) is 0 Å². The van der Waals surface area contributed by atoms with E-state index < -0.39 is 0 Å². The van der Waals surface area contributed by atoms with Crippen LogP contribution in [-0.2, 0) is 9.59 Å². The van der Waals surface area contributed by atoms with Crippen LogP contribution >= 0.6 is 11.6 Å². The van der Waals surface area contributed by atoms with Crippen molar-refractivity contribution in [2.75, 3.05) is 26.3 Å². The van der Waals surface area contributed by atoms with Crippen molar-refractivity contribution >= 4 is 29.5 Å². The molecule has 0 unspecified atom stereocenters. The van der Waals surface area contributed by atoms with Crippen molar-refractivity contribution in [1.82, 2.24) is 4.90 Å². The minimum atomic E-state index is -0.288. The van der Waals surface area contributed by atoms with Crippen LogP contribution in [0.2, 0.25) is 5.02 Å². The molecule has 3 rings (SSSR count). The van der Waals surface area contributed by atoms with Gasteiger partial charge >= 0.3 is 0 Å². The summed E-state index contributed by atoms with van der Waals surface area (Å²) in [6.45, 7) is 2.03. The van der Waals surface area contributed by atoms with Gasteiger partial charge in [0.05, 0.1) is 5.02 Å². The van der Waals surface area contributed by atoms with Crippen LogP contribution in [0, 0.1) is 5.92 Å². The maximum atomic E-state index is 12.3. The number of carbonyl (C=O) groups excluding carboxylic acids is 2. The Morgan fingerprint density at radius 2 is 1.92 bits per heavy atom. The van der Waals surface area contributed by atoms with Gasteiger partial charge in [-0.25, -0.2) is 0 Å². The molecule has 0 radical (unpaired) electrons. The predicted octanol–water partition coefficient (Wildman–Crippen LogP) is 1.85. The zero-order chi connectivity index (χ0) is 17.1. The van der Waals surface area contributed by atoms with Gasteiger partial charge in [-0.05, 0) is 36.6 Å². The molecule has 6 nitrogen and oxygen atoms in total. The zero-order valence-corrected chi connectivity index (χ0v) is 13.9. The molecule has 0 atom stereocenters. The fourth-order valence-corrected chi connectivity index (χ4v) is 3.16. The molecule has 1 saturated heterocycles. The van der Waals surface area contributed by atoms with E-state index in [9.17, 15) is 9.59 Å². The van der Waals surface area contributed by atoms with E-state index in [4.69, 9.17) is 26.8 Å². The second-order valence-corrected chi connectivity index (χ2v) is 6.27. The molecule has 24 heavy (non-hydrogen) atoms. The molecule has 0 bridgehead atoms. The number of primary amides is 1. The number of carbonyl (C=O) groups is 2. The van der Waals surface area contributed by atoms with Gasteiger partial charge in [-0.15, -0.1) is 0 Å². The van der Waals surface area contributed by atoms with Crippen LogP contribution in [0.15, 0.2) is 18.2 Å². The van der Waals surface area contributed by atoms with Crippen LogP contribution in [0.3, 0.4) is 0 Å². The van der Waals surface area contributed by atoms with Gasteiger partial charge in [0.1, 0.15) is 13.2 Å². The maximum Gasteiger partial charge on any atom is 0.246 e. The molecule has 0 saturated carbocycles. The quantitative estimate of drug-likeness (QED) is 0.843. The lowest BCUT2D eigenvalue weighted by Crippen LogP contribution is -2.41. The van der Waals surface area contributed by atoms with E-state index in [1.165, 1.54) is 6.08 Å². The third-order valence-electron chi connectivity index (χ3n) is 4.25. The molecule has 2 amide bonds. The van der Waals surface area contributed by atoms with Crippen LogP contribution in [0.1, 0.15) is 18.4 Å². The van der Waals surface area contributed by atoms with Gasteiger partial charge in [-0.3, -0.25) is 9.59 Å². The van der Waals surface area contributed by atoms with Crippen LogP contribution in [0.25, 0.3) is 6.08 Å². The third kappa shape index (κ3) is 3.64. The smallest absolute Gasteiger partial charge is 0.246 e. The van der Waals surface area contributed by atoms with E-state index in [1.54, 1.807) is 23.1 Å². The monoisotopic (exact) mass is 350 g/mol. The highest BCUT2D eigenvalue weighted by atomic mass is 35.5. The van der Waals surface area contributed by atoms with Crippen LogP contribution < -0.4 is 15.2 Å². The predicted molar refractivity (Wildman–Crippen MR) is 90.0 cm³/mol. The number of ether oxygens (including phenoxy) is 2. The van der Waals surface area contributed by atoms with Gasteiger partial charge < -0.3 is 20.1 Å². The molecule has 1 aromatic rings. The summed E-state index contributed by atoms with van der Waals surface area (Å²) in [5.41, 5.74) is 6.07. The fraction of sp³-hybridized carbons (Fsp3) is 0.412. The largest absolute Gasteiger partial charge is 0.486 e. The van der Waals surface area contributed by atoms with Gasteiger partial charge in [-0.1, -0.05) is 11.6 Å². The van der Waals surface area contributed by atoms with Crippen molar-refractivity contribution in [3.8, 4) is 11.5 Å². The first-order valence-electron chi connectivity index (χ1n) is 7.90. The Morgan fingerprint density at radius 1 is 1.21 bits per heavy atom. The lowest BCUT2D eigenvalue weighted by atomic mass is 9.96. The van der Waals surface area contributed by atoms with E-state index in [-0.39, 0.29) is 17.7 Å². The maximum absolute atomic E-state index is 12.3. The number of nitrogens with two attached hydrogens (primary N) is 1. The first kappa shape index (κ1) is 16.6. The Hall–Kier alpha value is -2.21. The standard InChI is InChI=1S/C17H19ClN2O4/c18-13-9-11(10-14-16(13)24-8-7-23-14)1-2-15(21)20-5-3-12(4-6-20)17(19)22/h1-2,9-10,12H,3-8H2,(H2,19,22)/b2-1+. The number of halogens is 1. The molecule has 1 aromatic carbocycles. The number of amides is 2. The van der Waals surface area contributed by atoms with Crippen molar-refractivity contribution in [2.45, 2.75) is 12.8 Å². The Kier molecular flexibility index (Phi) is 4.94. The summed E-state index contributed by atoms with van der Waals surface area (Å²) in [4.78, 5) is 25.1. The van der Waals surface area contributed by atoms with Crippen molar-refractivity contribution in [2.24, 2.45) is 11.7 Å². The van der Waals surface area contributed by atoms with E-state index in [0.717, 1.165) is 5.56 Å². The number of benzene rings is 1. The highest BCUT2D eigenvalue weighted by molar-refractivity contribution is 6.32. The van der Waals surface area contributed by atoms with Gasteiger partial charge in [0.15, 0.2) is 11.5 Å². The van der Waals surface area contributed by atoms with E-state index in [1.807, 2.05) is 0 Å². The second-order valence-electron chi connectivity index (χ2n) is 5.86. The lowest BCUT2D eigenvalue weighted by molar-refractivity contribution is -0.130. The molecule has 2 aliphatic rings. The number of fused-ring (bicyclic) bond motifs is 1. The first-order chi connectivity index (χ1) is 11.5. The topological polar surface area (TPSA) is 81.9 Å².